The van der Waals surface area contributed by atoms with Gasteiger partial charge < -0.3 is 20.4 Å². The Labute approximate surface area is 197 Å². The Hall–Kier alpha value is -3.64. The molecule has 0 aliphatic heterocycles. The number of ether oxygens (including phenoxy) is 1. The number of pyridine rings is 1. The zero-order chi connectivity index (χ0) is 23.9. The van der Waals surface area contributed by atoms with Crippen molar-refractivity contribution in [3.63, 3.8) is 0 Å². The molecule has 1 amide bonds. The number of anilines is 1. The summed E-state index contributed by atoms with van der Waals surface area (Å²) < 4.78 is 8.11. The summed E-state index contributed by atoms with van der Waals surface area (Å²) in [6.45, 7) is 0. The van der Waals surface area contributed by atoms with Gasteiger partial charge in [0.25, 0.3) is 5.69 Å². The minimum absolute atomic E-state index is 0.0503. The van der Waals surface area contributed by atoms with E-state index in [1.807, 2.05) is 10.9 Å². The summed E-state index contributed by atoms with van der Waals surface area (Å²) in [7, 11) is 1.52. The summed E-state index contributed by atoms with van der Waals surface area (Å²) in [5.74, 6) is 0.193. The molecule has 1 aromatic carbocycles. The van der Waals surface area contributed by atoms with Gasteiger partial charge in [0.15, 0.2) is 5.69 Å². The van der Waals surface area contributed by atoms with Crippen molar-refractivity contribution in [2.75, 3.05) is 12.4 Å². The fraction of sp³-hybridized carbons (Fsp3) is 0.440. The number of nitrogens with one attached hydrogen (secondary N) is 1. The van der Waals surface area contributed by atoms with Crippen LogP contribution in [-0.4, -0.2) is 33.5 Å². The average Bonchev–Trinajstić information content (AvgIpc) is 3.58. The highest BCUT2D eigenvalue weighted by molar-refractivity contribution is 6.04. The van der Waals surface area contributed by atoms with Crippen LogP contribution in [0.15, 0.2) is 36.5 Å². The highest BCUT2D eigenvalue weighted by Gasteiger charge is 2.34. The molecule has 0 unspecified atom stereocenters. The highest BCUT2D eigenvalue weighted by atomic mass is 16.5. The van der Waals surface area contributed by atoms with Crippen LogP contribution in [0.3, 0.4) is 0 Å². The number of benzene rings is 1. The van der Waals surface area contributed by atoms with E-state index in [2.05, 4.69) is 11.4 Å². The molecule has 2 fully saturated rings. The molecule has 2 aliphatic carbocycles. The topological polar surface area (TPSA) is 127 Å². The maximum Gasteiger partial charge on any atom is 0.321 e. The number of hydrogen-bond acceptors (Lipinski definition) is 6. The zero-order valence-corrected chi connectivity index (χ0v) is 19.0. The first-order chi connectivity index (χ1) is 16.4. The molecule has 0 saturated heterocycles. The molecule has 0 spiro atoms. The summed E-state index contributed by atoms with van der Waals surface area (Å²) in [4.78, 5) is 12.9. The SMILES string of the molecule is COc1cc2nn(C3CCC(O)(CC#N)CC3)cc2cc1NC(=O)c1cccc(C2CC2)[n+]1[O-]. The van der Waals surface area contributed by atoms with Crippen molar-refractivity contribution < 1.29 is 19.4 Å². The Bertz CT molecular complexity index is 1280. The standard InChI is InChI=1S/C25H27N5O4/c1-34-23-14-19-17(15-29(28-19)18-7-9-25(32,10-8-18)11-12-26)13-20(23)27-24(31)22-4-2-3-21(30(22)33)16-5-6-16/h2-4,13-16,18,32H,5-11H2,1H3,(H,27,31). The van der Waals surface area contributed by atoms with E-state index in [1.54, 1.807) is 24.3 Å². The maximum absolute atomic E-state index is 12.9. The number of rotatable bonds is 6. The third-order valence-electron chi connectivity index (χ3n) is 6.96. The van der Waals surface area contributed by atoms with Gasteiger partial charge in [0, 0.05) is 35.7 Å². The van der Waals surface area contributed by atoms with E-state index < -0.39 is 11.5 Å². The van der Waals surface area contributed by atoms with Crippen LogP contribution in [0.4, 0.5) is 5.69 Å². The minimum atomic E-state index is -0.909. The highest BCUT2D eigenvalue weighted by Crippen LogP contribution is 2.39. The number of methoxy groups -OCH3 is 1. The van der Waals surface area contributed by atoms with Gasteiger partial charge in [-0.15, -0.1) is 0 Å². The summed E-state index contributed by atoms with van der Waals surface area (Å²) in [5, 5.41) is 40.5. The monoisotopic (exact) mass is 461 g/mol. The molecule has 176 valence electrons. The second-order valence-corrected chi connectivity index (χ2v) is 9.37. The largest absolute Gasteiger partial charge is 0.618 e. The van der Waals surface area contributed by atoms with E-state index in [9.17, 15) is 15.1 Å². The van der Waals surface area contributed by atoms with Crippen molar-refractivity contribution >= 4 is 22.5 Å². The van der Waals surface area contributed by atoms with Crippen molar-refractivity contribution in [2.24, 2.45) is 0 Å². The number of aromatic nitrogens is 3. The van der Waals surface area contributed by atoms with Gasteiger partial charge in [-0.3, -0.25) is 9.48 Å². The van der Waals surface area contributed by atoms with Gasteiger partial charge in [-0.2, -0.15) is 15.1 Å². The molecule has 0 bridgehead atoms. The number of fused-ring (bicyclic) bond motifs is 1. The van der Waals surface area contributed by atoms with Crippen molar-refractivity contribution in [3.8, 4) is 11.8 Å². The van der Waals surface area contributed by atoms with E-state index in [1.165, 1.54) is 13.2 Å². The molecule has 5 rings (SSSR count). The summed E-state index contributed by atoms with van der Waals surface area (Å²) >= 11 is 0. The fourth-order valence-electron chi connectivity index (χ4n) is 4.80. The predicted octanol–water partition coefficient (Wildman–Crippen LogP) is 3.57. The zero-order valence-electron chi connectivity index (χ0n) is 19.0. The van der Waals surface area contributed by atoms with Gasteiger partial charge in [-0.05, 0) is 50.7 Å². The van der Waals surface area contributed by atoms with Crippen LogP contribution in [0.2, 0.25) is 0 Å². The molecule has 3 aromatic rings. The smallest absolute Gasteiger partial charge is 0.321 e. The normalized spacial score (nSPS) is 22.3. The van der Waals surface area contributed by atoms with Gasteiger partial charge in [0.2, 0.25) is 0 Å². The average molecular weight is 462 g/mol. The number of nitriles is 1. The summed E-state index contributed by atoms with van der Waals surface area (Å²) in [5.41, 5.74) is 0.957. The van der Waals surface area contributed by atoms with Crippen molar-refractivity contribution in [2.45, 2.75) is 62.5 Å². The lowest BCUT2D eigenvalue weighted by Crippen LogP contribution is -2.40. The Morgan fingerprint density at radius 1 is 1.35 bits per heavy atom. The molecule has 9 heteroatoms. The van der Waals surface area contributed by atoms with E-state index in [0.29, 0.717) is 30.0 Å². The molecule has 2 aromatic heterocycles. The van der Waals surface area contributed by atoms with Gasteiger partial charge in [-0.25, -0.2) is 0 Å². The van der Waals surface area contributed by atoms with E-state index in [4.69, 9.17) is 15.1 Å². The molecular formula is C25H27N5O4. The number of aliphatic hydroxyl groups is 1. The molecule has 2 saturated carbocycles. The van der Waals surface area contributed by atoms with Gasteiger partial charge in [-0.1, -0.05) is 0 Å². The van der Waals surface area contributed by atoms with Crippen LogP contribution in [0.1, 0.15) is 73.1 Å². The predicted molar refractivity (Wildman–Crippen MR) is 124 cm³/mol. The molecule has 9 nitrogen and oxygen atoms in total. The maximum atomic E-state index is 12.9. The molecule has 34 heavy (non-hydrogen) atoms. The first kappa shape index (κ1) is 22.2. The lowest BCUT2D eigenvalue weighted by molar-refractivity contribution is -0.616. The Kier molecular flexibility index (Phi) is 5.62. The number of hydrogen-bond donors (Lipinski definition) is 2. The second kappa shape index (κ2) is 8.61. The van der Waals surface area contributed by atoms with Gasteiger partial charge in [0.05, 0.1) is 42.4 Å². The van der Waals surface area contributed by atoms with Crippen LogP contribution < -0.4 is 14.8 Å². The van der Waals surface area contributed by atoms with Crippen LogP contribution >= 0.6 is 0 Å². The van der Waals surface area contributed by atoms with Crippen molar-refractivity contribution in [3.05, 3.63) is 53.1 Å². The molecule has 0 radical (unpaired) electrons. The van der Waals surface area contributed by atoms with E-state index in [-0.39, 0.29) is 24.1 Å². The third kappa shape index (κ3) is 4.17. The van der Waals surface area contributed by atoms with Crippen molar-refractivity contribution in [1.29, 1.82) is 5.26 Å². The quantitative estimate of drug-likeness (QED) is 0.427. The van der Waals surface area contributed by atoms with Crippen LogP contribution in [0.25, 0.3) is 10.9 Å². The first-order valence-electron chi connectivity index (χ1n) is 11.6. The number of carbonyl (C=O) groups is 1. The van der Waals surface area contributed by atoms with Crippen molar-refractivity contribution in [1.82, 2.24) is 9.78 Å². The minimum Gasteiger partial charge on any atom is -0.618 e. The first-order valence-corrected chi connectivity index (χ1v) is 11.6. The molecule has 2 N–H and O–H groups in total. The second-order valence-electron chi connectivity index (χ2n) is 9.37. The Morgan fingerprint density at radius 3 is 2.79 bits per heavy atom. The van der Waals surface area contributed by atoms with Gasteiger partial charge in [0.1, 0.15) is 5.75 Å². The molecule has 2 aliphatic rings. The van der Waals surface area contributed by atoms with Gasteiger partial charge >= 0.3 is 5.91 Å². The number of amides is 1. The van der Waals surface area contributed by atoms with Crippen LogP contribution in [0, 0.1) is 16.5 Å². The lowest BCUT2D eigenvalue weighted by atomic mass is 9.80. The van der Waals surface area contributed by atoms with Crippen LogP contribution in [0.5, 0.6) is 5.75 Å². The fourth-order valence-corrected chi connectivity index (χ4v) is 4.80. The number of nitrogens with zero attached hydrogens (tertiary/aromatic N) is 4. The third-order valence-corrected chi connectivity index (χ3v) is 6.96. The molecular weight excluding hydrogens is 434 g/mol. The summed E-state index contributed by atoms with van der Waals surface area (Å²) in [6.07, 6.45) is 6.59. The van der Waals surface area contributed by atoms with E-state index in [0.717, 1.165) is 41.3 Å². The summed E-state index contributed by atoms with van der Waals surface area (Å²) in [6, 6.07) is 10.8. The lowest BCUT2D eigenvalue weighted by Gasteiger charge is -2.34. The Morgan fingerprint density at radius 2 is 2.12 bits per heavy atom. The number of carbonyl (C=O) groups excluding carboxylic acids is 1. The van der Waals surface area contributed by atoms with E-state index >= 15 is 0 Å². The van der Waals surface area contributed by atoms with Crippen LogP contribution in [-0.2, 0) is 0 Å². The Balaban J connectivity index is 1.38. The molecule has 0 atom stereocenters. The molecule has 2 heterocycles.